The molecule has 0 saturated heterocycles. The van der Waals surface area contributed by atoms with Gasteiger partial charge in [-0.3, -0.25) is 0 Å². The molecule has 65 valence electrons. The van der Waals surface area contributed by atoms with Gasteiger partial charge in [0.05, 0.1) is 6.61 Å². The van der Waals surface area contributed by atoms with Gasteiger partial charge < -0.3 is 5.11 Å². The van der Waals surface area contributed by atoms with Crippen LogP contribution in [0, 0.1) is 12.8 Å². The third-order valence-corrected chi connectivity index (χ3v) is 2.51. The summed E-state index contributed by atoms with van der Waals surface area (Å²) < 4.78 is 1.04. The van der Waals surface area contributed by atoms with Crippen LogP contribution < -0.4 is 0 Å². The summed E-state index contributed by atoms with van der Waals surface area (Å²) in [6.07, 6.45) is 0. The van der Waals surface area contributed by atoms with Gasteiger partial charge >= 0.3 is 0 Å². The Balaban J connectivity index is 3.04. The van der Waals surface area contributed by atoms with Gasteiger partial charge in [-0.25, -0.2) is 0 Å². The Labute approximate surface area is 81.6 Å². The lowest BCUT2D eigenvalue weighted by Gasteiger charge is -2.10. The van der Waals surface area contributed by atoms with Crippen molar-refractivity contribution in [2.24, 2.45) is 0 Å². The summed E-state index contributed by atoms with van der Waals surface area (Å²) in [7, 11) is 0. The van der Waals surface area contributed by atoms with E-state index in [0.717, 1.165) is 16.0 Å². The van der Waals surface area contributed by atoms with E-state index in [-0.39, 0.29) is 6.61 Å². The Hall–Kier alpha value is -0.340. The molecular weight excluding hydrogens is 216 g/mol. The van der Waals surface area contributed by atoms with E-state index in [4.69, 9.17) is 5.11 Å². The van der Waals surface area contributed by atoms with Crippen molar-refractivity contribution in [2.75, 3.05) is 6.61 Å². The minimum atomic E-state index is 0.113. The van der Waals surface area contributed by atoms with Crippen LogP contribution in [0.3, 0.4) is 0 Å². The Morgan fingerprint density at radius 2 is 2.17 bits per heavy atom. The molecule has 0 fully saturated rings. The van der Waals surface area contributed by atoms with E-state index in [1.165, 1.54) is 5.56 Å². The smallest absolute Gasteiger partial charge is 0.0535 e. The first-order valence-corrected chi connectivity index (χ1v) is 4.64. The number of hydrogen-bond acceptors (Lipinski definition) is 1. The van der Waals surface area contributed by atoms with E-state index < -0.39 is 0 Å². The average Bonchev–Trinajstić information content (AvgIpc) is 2.08. The van der Waals surface area contributed by atoms with Gasteiger partial charge in [0.15, 0.2) is 0 Å². The summed E-state index contributed by atoms with van der Waals surface area (Å²) >= 11 is 3.44. The molecule has 1 rings (SSSR count). The first-order valence-electron chi connectivity index (χ1n) is 3.85. The molecule has 1 radical (unpaired) electrons. The predicted molar refractivity (Wildman–Crippen MR) is 54.0 cm³/mol. The van der Waals surface area contributed by atoms with Crippen LogP contribution in [0.25, 0.3) is 0 Å². The molecule has 0 saturated carbocycles. The van der Waals surface area contributed by atoms with E-state index in [1.807, 2.05) is 26.0 Å². The van der Waals surface area contributed by atoms with Crippen LogP contribution in [-0.4, -0.2) is 11.7 Å². The van der Waals surface area contributed by atoms with Crippen LogP contribution in [-0.2, 0) is 0 Å². The molecule has 0 unspecified atom stereocenters. The van der Waals surface area contributed by atoms with Gasteiger partial charge in [0, 0.05) is 10.4 Å². The Bertz CT molecular complexity index is 271. The second-order valence-electron chi connectivity index (χ2n) is 2.92. The van der Waals surface area contributed by atoms with E-state index in [9.17, 15) is 0 Å². The van der Waals surface area contributed by atoms with Gasteiger partial charge in [-0.2, -0.15) is 0 Å². The van der Waals surface area contributed by atoms with Crippen LogP contribution in [0.15, 0.2) is 22.7 Å². The number of benzene rings is 1. The number of halogens is 1. The first kappa shape index (κ1) is 9.75. The summed E-state index contributed by atoms with van der Waals surface area (Å²) in [6.45, 7) is 4.09. The zero-order valence-corrected chi connectivity index (χ0v) is 8.85. The molecule has 0 aliphatic carbocycles. The van der Waals surface area contributed by atoms with Crippen molar-refractivity contribution >= 4 is 15.9 Å². The van der Waals surface area contributed by atoms with Crippen LogP contribution in [0.5, 0.6) is 0 Å². The lowest BCUT2D eigenvalue weighted by molar-refractivity contribution is 0.315. The lowest BCUT2D eigenvalue weighted by atomic mass is 10.0. The Morgan fingerprint density at radius 3 is 2.75 bits per heavy atom. The maximum atomic E-state index is 8.95. The molecule has 1 aromatic carbocycles. The normalized spacial score (nSPS) is 10.8. The van der Waals surface area contributed by atoms with Crippen molar-refractivity contribution in [1.82, 2.24) is 0 Å². The number of hydrogen-bond donors (Lipinski definition) is 1. The molecule has 1 nitrogen and oxygen atoms in total. The highest BCUT2D eigenvalue weighted by atomic mass is 79.9. The summed E-state index contributed by atoms with van der Waals surface area (Å²) in [5.41, 5.74) is 2.30. The fourth-order valence-corrected chi connectivity index (χ4v) is 1.64. The van der Waals surface area contributed by atoms with Crippen molar-refractivity contribution in [2.45, 2.75) is 13.8 Å². The Morgan fingerprint density at radius 1 is 1.50 bits per heavy atom. The van der Waals surface area contributed by atoms with E-state index >= 15 is 0 Å². The quantitative estimate of drug-likeness (QED) is 0.825. The van der Waals surface area contributed by atoms with Crippen molar-refractivity contribution < 1.29 is 5.11 Å². The van der Waals surface area contributed by atoms with Gasteiger partial charge in [-0.05, 0) is 18.6 Å². The molecule has 0 amide bonds. The molecule has 0 aromatic heterocycles. The predicted octanol–water partition coefficient (Wildman–Crippen LogP) is 2.69. The van der Waals surface area contributed by atoms with E-state index in [2.05, 4.69) is 22.0 Å². The van der Waals surface area contributed by atoms with Crippen molar-refractivity contribution in [3.63, 3.8) is 0 Å². The topological polar surface area (TPSA) is 20.2 Å². The largest absolute Gasteiger partial charge is 0.395 e. The van der Waals surface area contributed by atoms with Crippen LogP contribution >= 0.6 is 15.9 Å². The molecule has 0 heterocycles. The maximum Gasteiger partial charge on any atom is 0.0535 e. The third-order valence-electron chi connectivity index (χ3n) is 1.82. The molecule has 0 spiro atoms. The highest BCUT2D eigenvalue weighted by molar-refractivity contribution is 9.10. The fourth-order valence-electron chi connectivity index (χ4n) is 1.05. The van der Waals surface area contributed by atoms with E-state index in [0.29, 0.717) is 0 Å². The van der Waals surface area contributed by atoms with E-state index in [1.54, 1.807) is 0 Å². The molecule has 2 heteroatoms. The summed E-state index contributed by atoms with van der Waals surface area (Å²) in [5, 5.41) is 8.95. The summed E-state index contributed by atoms with van der Waals surface area (Å²) in [4.78, 5) is 0. The molecular formula is C10H12BrO. The van der Waals surface area contributed by atoms with Gasteiger partial charge in [-0.15, -0.1) is 0 Å². The summed E-state index contributed by atoms with van der Waals surface area (Å²) in [5.74, 6) is 0.991. The van der Waals surface area contributed by atoms with Crippen LogP contribution in [0.1, 0.15) is 18.1 Å². The third kappa shape index (κ3) is 2.08. The molecule has 1 aromatic rings. The number of aliphatic hydroxyl groups excluding tert-OH is 1. The molecule has 0 bridgehead atoms. The SMILES string of the molecule is C[C](CO)c1cc(C)ccc1Br. The van der Waals surface area contributed by atoms with Gasteiger partial charge in [0.2, 0.25) is 0 Å². The van der Waals surface area contributed by atoms with Gasteiger partial charge in [0.1, 0.15) is 0 Å². The minimum Gasteiger partial charge on any atom is -0.395 e. The zero-order chi connectivity index (χ0) is 9.14. The van der Waals surface area contributed by atoms with Crippen LogP contribution in [0.2, 0.25) is 0 Å². The molecule has 12 heavy (non-hydrogen) atoms. The highest BCUT2D eigenvalue weighted by Crippen LogP contribution is 2.24. The first-order chi connectivity index (χ1) is 5.65. The molecule has 0 atom stereocenters. The molecule has 0 aliphatic rings. The van der Waals surface area contributed by atoms with Crippen molar-refractivity contribution in [3.8, 4) is 0 Å². The molecule has 1 N–H and O–H groups in total. The second-order valence-corrected chi connectivity index (χ2v) is 3.78. The fraction of sp³-hybridized carbons (Fsp3) is 0.300. The van der Waals surface area contributed by atoms with Gasteiger partial charge in [0.25, 0.3) is 0 Å². The minimum absolute atomic E-state index is 0.113. The standard InChI is InChI=1S/C10H12BrO/c1-7-3-4-10(11)9(5-7)8(2)6-12/h3-5,12H,6H2,1-2H3. The van der Waals surface area contributed by atoms with Crippen molar-refractivity contribution in [1.29, 1.82) is 0 Å². The highest BCUT2D eigenvalue weighted by Gasteiger charge is 2.08. The second kappa shape index (κ2) is 4.06. The number of aryl methyl sites for hydroxylation is 1. The number of rotatable bonds is 2. The summed E-state index contributed by atoms with van der Waals surface area (Å²) in [6, 6.07) is 6.11. The lowest BCUT2D eigenvalue weighted by Crippen LogP contribution is -2.01. The maximum absolute atomic E-state index is 8.95. The van der Waals surface area contributed by atoms with Crippen LogP contribution in [0.4, 0.5) is 0 Å². The average molecular weight is 228 g/mol. The monoisotopic (exact) mass is 227 g/mol. The van der Waals surface area contributed by atoms with Crippen molar-refractivity contribution in [3.05, 3.63) is 39.7 Å². The number of aliphatic hydroxyl groups is 1. The zero-order valence-electron chi connectivity index (χ0n) is 7.26. The molecule has 0 aliphatic heterocycles. The van der Waals surface area contributed by atoms with Gasteiger partial charge in [-0.1, -0.05) is 40.5 Å². The Kier molecular flexibility index (Phi) is 3.29.